The fourth-order valence-corrected chi connectivity index (χ4v) is 3.19. The molecule has 2 aliphatic rings. The van der Waals surface area contributed by atoms with Gasteiger partial charge in [-0.15, -0.1) is 0 Å². The zero-order valence-corrected chi connectivity index (χ0v) is 12.9. The SMILES string of the molecule is CNC(=O)C(CC(C)C)NC1CCC2(CC1)OCCO2. The lowest BCUT2D eigenvalue weighted by atomic mass is 9.89. The Kier molecular flexibility index (Phi) is 5.41. The molecule has 5 heteroatoms. The van der Waals surface area contributed by atoms with Crippen LogP contribution in [-0.4, -0.2) is 44.0 Å². The Balaban J connectivity index is 1.84. The molecule has 1 spiro atoms. The first-order valence-electron chi connectivity index (χ1n) is 7.80. The van der Waals surface area contributed by atoms with E-state index >= 15 is 0 Å². The van der Waals surface area contributed by atoms with Crippen molar-refractivity contribution >= 4 is 5.91 Å². The number of carbonyl (C=O) groups is 1. The van der Waals surface area contributed by atoms with Crippen LogP contribution in [0.1, 0.15) is 46.0 Å². The molecule has 1 unspecified atom stereocenters. The number of amides is 1. The van der Waals surface area contributed by atoms with Gasteiger partial charge in [-0.2, -0.15) is 0 Å². The summed E-state index contributed by atoms with van der Waals surface area (Å²) in [4.78, 5) is 11.9. The van der Waals surface area contributed by atoms with E-state index in [1.807, 2.05) is 0 Å². The van der Waals surface area contributed by atoms with Crippen LogP contribution >= 0.6 is 0 Å². The van der Waals surface area contributed by atoms with Gasteiger partial charge in [0.1, 0.15) is 0 Å². The summed E-state index contributed by atoms with van der Waals surface area (Å²) < 4.78 is 11.5. The molecule has 2 rings (SSSR count). The summed E-state index contributed by atoms with van der Waals surface area (Å²) in [5.74, 6) is 0.271. The van der Waals surface area contributed by atoms with Gasteiger partial charge in [0.2, 0.25) is 5.91 Å². The number of carbonyl (C=O) groups excluding carboxylic acids is 1. The van der Waals surface area contributed by atoms with E-state index in [0.29, 0.717) is 25.2 Å². The van der Waals surface area contributed by atoms with Gasteiger partial charge in [0.05, 0.1) is 19.3 Å². The monoisotopic (exact) mass is 284 g/mol. The number of hydrogen-bond donors (Lipinski definition) is 2. The van der Waals surface area contributed by atoms with Gasteiger partial charge in [-0.3, -0.25) is 4.79 Å². The second kappa shape index (κ2) is 6.87. The fourth-order valence-electron chi connectivity index (χ4n) is 3.19. The molecule has 2 N–H and O–H groups in total. The molecule has 1 saturated heterocycles. The fraction of sp³-hybridized carbons (Fsp3) is 0.933. The third kappa shape index (κ3) is 3.93. The third-order valence-electron chi connectivity index (χ3n) is 4.27. The molecule has 0 radical (unpaired) electrons. The van der Waals surface area contributed by atoms with Crippen molar-refractivity contribution in [2.45, 2.75) is 63.8 Å². The molecule has 1 heterocycles. The highest BCUT2D eigenvalue weighted by molar-refractivity contribution is 5.81. The van der Waals surface area contributed by atoms with E-state index in [-0.39, 0.29) is 17.7 Å². The van der Waals surface area contributed by atoms with Crippen LogP contribution in [0.2, 0.25) is 0 Å². The Morgan fingerprint density at radius 1 is 1.25 bits per heavy atom. The molecule has 0 aromatic carbocycles. The van der Waals surface area contributed by atoms with E-state index in [0.717, 1.165) is 32.1 Å². The van der Waals surface area contributed by atoms with Crippen LogP contribution in [0.25, 0.3) is 0 Å². The van der Waals surface area contributed by atoms with Gasteiger partial charge in [-0.05, 0) is 25.2 Å². The predicted molar refractivity (Wildman–Crippen MR) is 77.3 cm³/mol. The first kappa shape index (κ1) is 15.7. The van der Waals surface area contributed by atoms with Gasteiger partial charge in [0.25, 0.3) is 0 Å². The zero-order valence-electron chi connectivity index (χ0n) is 12.9. The van der Waals surface area contributed by atoms with E-state index in [1.165, 1.54) is 0 Å². The molecule has 2 fully saturated rings. The summed E-state index contributed by atoms with van der Waals surface area (Å²) in [7, 11) is 1.70. The van der Waals surface area contributed by atoms with E-state index in [4.69, 9.17) is 9.47 Å². The molecule has 1 amide bonds. The lowest BCUT2D eigenvalue weighted by Crippen LogP contribution is -2.51. The van der Waals surface area contributed by atoms with E-state index < -0.39 is 0 Å². The van der Waals surface area contributed by atoms with Crippen molar-refractivity contribution in [1.29, 1.82) is 0 Å². The van der Waals surface area contributed by atoms with Crippen molar-refractivity contribution in [3.63, 3.8) is 0 Å². The summed E-state index contributed by atoms with van der Waals surface area (Å²) >= 11 is 0. The van der Waals surface area contributed by atoms with Crippen molar-refractivity contribution in [3.8, 4) is 0 Å². The second-order valence-corrected chi connectivity index (χ2v) is 6.34. The number of nitrogens with one attached hydrogen (secondary N) is 2. The van der Waals surface area contributed by atoms with E-state index in [2.05, 4.69) is 24.5 Å². The van der Waals surface area contributed by atoms with Crippen molar-refractivity contribution in [2.75, 3.05) is 20.3 Å². The number of likely N-dealkylation sites (N-methyl/N-ethyl adjacent to an activating group) is 1. The van der Waals surface area contributed by atoms with Crippen molar-refractivity contribution in [2.24, 2.45) is 5.92 Å². The predicted octanol–water partition coefficient (Wildman–Crippen LogP) is 1.42. The van der Waals surface area contributed by atoms with Crippen molar-refractivity contribution < 1.29 is 14.3 Å². The lowest BCUT2D eigenvalue weighted by Gasteiger charge is -2.37. The van der Waals surface area contributed by atoms with Gasteiger partial charge in [0.15, 0.2) is 5.79 Å². The maximum Gasteiger partial charge on any atom is 0.236 e. The molecule has 5 nitrogen and oxygen atoms in total. The molecule has 1 saturated carbocycles. The summed E-state index contributed by atoms with van der Waals surface area (Å²) in [5.41, 5.74) is 0. The Morgan fingerprint density at radius 2 is 1.85 bits per heavy atom. The van der Waals surface area contributed by atoms with Crippen molar-refractivity contribution in [3.05, 3.63) is 0 Å². The highest BCUT2D eigenvalue weighted by Crippen LogP contribution is 2.35. The van der Waals surface area contributed by atoms with Crippen LogP contribution in [0.5, 0.6) is 0 Å². The zero-order chi connectivity index (χ0) is 14.6. The second-order valence-electron chi connectivity index (χ2n) is 6.34. The molecular weight excluding hydrogens is 256 g/mol. The van der Waals surface area contributed by atoms with E-state index in [1.54, 1.807) is 7.05 Å². The van der Waals surface area contributed by atoms with Crippen LogP contribution in [0.15, 0.2) is 0 Å². The Morgan fingerprint density at radius 3 is 2.35 bits per heavy atom. The highest BCUT2D eigenvalue weighted by atomic mass is 16.7. The van der Waals surface area contributed by atoms with Crippen LogP contribution < -0.4 is 10.6 Å². The summed E-state index contributed by atoms with van der Waals surface area (Å²) in [5, 5.41) is 6.28. The van der Waals surface area contributed by atoms with Gasteiger partial charge < -0.3 is 20.1 Å². The molecule has 0 bridgehead atoms. The normalized spacial score (nSPS) is 24.2. The molecule has 20 heavy (non-hydrogen) atoms. The van der Waals surface area contributed by atoms with Crippen LogP contribution in [0.3, 0.4) is 0 Å². The Bertz CT molecular complexity index is 317. The molecule has 116 valence electrons. The summed E-state index contributed by atoms with van der Waals surface area (Å²) in [6.07, 6.45) is 4.73. The van der Waals surface area contributed by atoms with Gasteiger partial charge >= 0.3 is 0 Å². The van der Waals surface area contributed by atoms with Crippen LogP contribution in [0, 0.1) is 5.92 Å². The van der Waals surface area contributed by atoms with Crippen molar-refractivity contribution in [1.82, 2.24) is 10.6 Å². The molecule has 1 aliphatic heterocycles. The minimum Gasteiger partial charge on any atom is -0.358 e. The first-order valence-corrected chi connectivity index (χ1v) is 7.80. The van der Waals surface area contributed by atoms with Gasteiger partial charge in [-0.1, -0.05) is 13.8 Å². The first-order chi connectivity index (χ1) is 9.54. The molecule has 1 atom stereocenters. The summed E-state index contributed by atoms with van der Waals surface area (Å²) in [6, 6.07) is 0.291. The molecular formula is C15H28N2O3. The topological polar surface area (TPSA) is 59.6 Å². The van der Waals surface area contributed by atoms with E-state index in [9.17, 15) is 4.79 Å². The van der Waals surface area contributed by atoms with Gasteiger partial charge in [-0.25, -0.2) is 0 Å². The third-order valence-corrected chi connectivity index (χ3v) is 4.27. The largest absolute Gasteiger partial charge is 0.358 e. The highest BCUT2D eigenvalue weighted by Gasteiger charge is 2.40. The van der Waals surface area contributed by atoms with Crippen LogP contribution in [-0.2, 0) is 14.3 Å². The Labute approximate surface area is 121 Å². The number of hydrogen-bond acceptors (Lipinski definition) is 4. The molecule has 0 aromatic rings. The molecule has 0 aromatic heterocycles. The lowest BCUT2D eigenvalue weighted by molar-refractivity contribution is -0.179. The number of ether oxygens (including phenoxy) is 2. The minimum absolute atomic E-state index is 0.0901. The number of rotatable bonds is 5. The quantitative estimate of drug-likeness (QED) is 0.801. The smallest absolute Gasteiger partial charge is 0.236 e. The van der Waals surface area contributed by atoms with Crippen LogP contribution in [0.4, 0.5) is 0 Å². The average Bonchev–Trinajstić information content (AvgIpc) is 2.88. The maximum atomic E-state index is 11.9. The minimum atomic E-state index is -0.321. The standard InChI is InChI=1S/C15H28N2O3/c1-11(2)10-13(14(18)16-3)17-12-4-6-15(7-5-12)19-8-9-20-15/h11-13,17H,4-10H2,1-3H3,(H,16,18). The average molecular weight is 284 g/mol. The molecule has 1 aliphatic carbocycles. The van der Waals surface area contributed by atoms with Gasteiger partial charge in [0, 0.05) is 25.9 Å². The maximum absolute atomic E-state index is 11.9. The summed E-state index contributed by atoms with van der Waals surface area (Å²) in [6.45, 7) is 5.72. The Hall–Kier alpha value is -0.650.